The number of hydrogen-bond acceptors (Lipinski definition) is 7. The van der Waals surface area contributed by atoms with Crippen LogP contribution in [-0.2, 0) is 14.9 Å². The minimum atomic E-state index is -4.23. The zero-order valence-corrected chi connectivity index (χ0v) is 10.3. The summed E-state index contributed by atoms with van der Waals surface area (Å²) in [5, 5.41) is 9.04. The molecule has 1 atom stereocenters. The van der Waals surface area contributed by atoms with Crippen molar-refractivity contribution in [3.8, 4) is 0 Å². The number of hydrogen-bond donors (Lipinski definition) is 5. The molecule has 0 aromatic carbocycles. The smallest absolute Gasteiger partial charge is 0.390 e. The Labute approximate surface area is 94.2 Å². The topological polar surface area (TPSA) is 145 Å². The van der Waals surface area contributed by atoms with Gasteiger partial charge in [0.1, 0.15) is 5.75 Å². The van der Waals surface area contributed by atoms with Crippen LogP contribution in [0.15, 0.2) is 0 Å². The van der Waals surface area contributed by atoms with Gasteiger partial charge in [0.05, 0.1) is 12.7 Å². The zero-order valence-electron chi connectivity index (χ0n) is 8.48. The molecule has 0 saturated carbocycles. The molecule has 0 aliphatic heterocycles. The van der Waals surface area contributed by atoms with Crippen molar-refractivity contribution in [2.75, 3.05) is 19.0 Å². The molecule has 16 heavy (non-hydrogen) atoms. The lowest BCUT2D eigenvalue weighted by Gasteiger charge is -2.11. The molecule has 0 saturated heterocycles. The van der Waals surface area contributed by atoms with Crippen molar-refractivity contribution in [2.45, 2.75) is 18.6 Å². The maximum absolute atomic E-state index is 10.3. The van der Waals surface area contributed by atoms with E-state index in [1.807, 2.05) is 0 Å². The van der Waals surface area contributed by atoms with E-state index in [9.17, 15) is 8.42 Å². The van der Waals surface area contributed by atoms with E-state index in [-0.39, 0.29) is 25.7 Å². The highest BCUT2D eigenvalue weighted by Gasteiger charge is 2.25. The van der Waals surface area contributed by atoms with Gasteiger partial charge in [0.2, 0.25) is 0 Å². The van der Waals surface area contributed by atoms with Crippen LogP contribution >= 0.6 is 0 Å². The highest BCUT2D eigenvalue weighted by Crippen LogP contribution is 2.01. The Morgan fingerprint density at radius 3 is 2.25 bits per heavy atom. The van der Waals surface area contributed by atoms with Crippen LogP contribution in [-0.4, -0.2) is 66.3 Å². The van der Waals surface area contributed by atoms with Gasteiger partial charge in [-0.15, -0.1) is 0 Å². The molecule has 0 rings (SSSR count). The molecule has 0 heterocycles. The van der Waals surface area contributed by atoms with Gasteiger partial charge in [-0.05, 0) is 6.42 Å². The van der Waals surface area contributed by atoms with Gasteiger partial charge in [0.25, 0.3) is 10.1 Å². The fourth-order valence-electron chi connectivity index (χ4n) is 0.922. The molecule has 0 aliphatic carbocycles. The van der Waals surface area contributed by atoms with Crippen LogP contribution in [0.3, 0.4) is 0 Å². The van der Waals surface area contributed by atoms with Crippen LogP contribution in [0.5, 0.6) is 0 Å². The predicted molar refractivity (Wildman–Crippen MR) is 55.1 cm³/mol. The van der Waals surface area contributed by atoms with Gasteiger partial charge in [-0.1, -0.05) is 0 Å². The van der Waals surface area contributed by atoms with E-state index in [1.54, 1.807) is 0 Å². The number of aliphatic hydroxyl groups excluding tert-OH is 1. The molecular formula is C6H16O8SSi. The zero-order chi connectivity index (χ0) is 12.8. The lowest BCUT2D eigenvalue weighted by Crippen LogP contribution is -2.34. The van der Waals surface area contributed by atoms with Crippen molar-refractivity contribution in [2.24, 2.45) is 0 Å². The number of aliphatic hydroxyl groups is 1. The predicted octanol–water partition coefficient (Wildman–Crippen LogP) is -2.44. The molecule has 1 unspecified atom stereocenters. The summed E-state index contributed by atoms with van der Waals surface area (Å²) < 4.78 is 33.8. The standard InChI is InChI=1S/C6H16O8SSi/c7-6(5-15(8,9)10)4-14-2-1-3-16(11,12)13/h6-7,11-13H,1-5H2,(H,8,9,10). The normalized spacial score (nSPS) is 15.1. The number of rotatable bonds is 8. The van der Waals surface area contributed by atoms with E-state index in [0.29, 0.717) is 0 Å². The van der Waals surface area contributed by atoms with Crippen LogP contribution in [0, 0.1) is 0 Å². The molecule has 5 N–H and O–H groups in total. The van der Waals surface area contributed by atoms with Gasteiger partial charge < -0.3 is 24.2 Å². The Bertz CT molecular complexity index is 283. The first kappa shape index (κ1) is 15.9. The summed E-state index contributed by atoms with van der Waals surface area (Å²) in [7, 11) is -8.28. The molecule has 98 valence electrons. The van der Waals surface area contributed by atoms with Gasteiger partial charge in [-0.3, -0.25) is 4.55 Å². The van der Waals surface area contributed by atoms with E-state index in [4.69, 9.17) is 28.8 Å². The third-order valence-corrected chi connectivity index (χ3v) is 3.34. The van der Waals surface area contributed by atoms with Crippen LogP contribution in [0.25, 0.3) is 0 Å². The van der Waals surface area contributed by atoms with Crippen molar-refractivity contribution in [1.82, 2.24) is 0 Å². The second kappa shape index (κ2) is 6.61. The van der Waals surface area contributed by atoms with Gasteiger partial charge in [-0.25, -0.2) is 0 Å². The Hall–Kier alpha value is -0.0731. The quantitative estimate of drug-likeness (QED) is 0.187. The maximum atomic E-state index is 10.3. The monoisotopic (exact) mass is 276 g/mol. The van der Waals surface area contributed by atoms with Crippen LogP contribution in [0.1, 0.15) is 6.42 Å². The molecule has 0 aliphatic rings. The van der Waals surface area contributed by atoms with Crippen LogP contribution in [0.4, 0.5) is 0 Å². The van der Waals surface area contributed by atoms with E-state index in [1.165, 1.54) is 0 Å². The van der Waals surface area contributed by atoms with Crippen LogP contribution in [0.2, 0.25) is 6.04 Å². The average Bonchev–Trinajstić information content (AvgIpc) is 1.97. The number of ether oxygens (including phenoxy) is 1. The molecule has 0 bridgehead atoms. The SMILES string of the molecule is O=S(=O)(O)CC(O)COCCC[Si](O)(O)O. The average molecular weight is 276 g/mol. The third kappa shape index (κ3) is 12.0. The first-order chi connectivity index (χ1) is 7.10. The molecule has 0 aromatic rings. The van der Waals surface area contributed by atoms with Crippen molar-refractivity contribution in [3.05, 3.63) is 0 Å². The Kier molecular flexibility index (Phi) is 6.58. The molecule has 0 fully saturated rings. The fraction of sp³-hybridized carbons (Fsp3) is 1.00. The maximum Gasteiger partial charge on any atom is 0.492 e. The van der Waals surface area contributed by atoms with Crippen molar-refractivity contribution >= 4 is 18.9 Å². The Balaban J connectivity index is 3.53. The van der Waals surface area contributed by atoms with Crippen molar-refractivity contribution in [1.29, 1.82) is 0 Å². The van der Waals surface area contributed by atoms with Crippen molar-refractivity contribution in [3.63, 3.8) is 0 Å². The largest absolute Gasteiger partial charge is 0.492 e. The Morgan fingerprint density at radius 1 is 1.25 bits per heavy atom. The minimum absolute atomic E-state index is 0.0406. The summed E-state index contributed by atoms with van der Waals surface area (Å²) in [4.78, 5) is 25.8. The fourth-order valence-corrected chi connectivity index (χ4v) is 2.12. The van der Waals surface area contributed by atoms with E-state index >= 15 is 0 Å². The second-order valence-corrected chi connectivity index (χ2v) is 6.90. The summed E-state index contributed by atoms with van der Waals surface area (Å²) in [6.45, 7) is -0.254. The molecular weight excluding hydrogens is 260 g/mol. The second-order valence-electron chi connectivity index (χ2n) is 3.36. The minimum Gasteiger partial charge on any atom is -0.390 e. The summed E-state index contributed by atoms with van der Waals surface area (Å²) in [5.41, 5.74) is 0. The lowest BCUT2D eigenvalue weighted by atomic mass is 10.4. The molecule has 0 aromatic heterocycles. The summed E-state index contributed by atoms with van der Waals surface area (Å²) >= 11 is 0. The molecule has 0 radical (unpaired) electrons. The summed E-state index contributed by atoms with van der Waals surface area (Å²) in [5.74, 6) is -0.814. The van der Waals surface area contributed by atoms with Gasteiger partial charge >= 0.3 is 8.80 Å². The summed E-state index contributed by atoms with van der Waals surface area (Å²) in [6.07, 6.45) is -1.16. The van der Waals surface area contributed by atoms with Gasteiger partial charge in [0.15, 0.2) is 0 Å². The van der Waals surface area contributed by atoms with Crippen molar-refractivity contribution < 1.29 is 37.2 Å². The Morgan fingerprint density at radius 2 is 1.81 bits per heavy atom. The van der Waals surface area contributed by atoms with Crippen LogP contribution < -0.4 is 0 Å². The highest BCUT2D eigenvalue weighted by molar-refractivity contribution is 7.85. The summed E-state index contributed by atoms with van der Waals surface area (Å²) in [6, 6.07) is -0.193. The van der Waals surface area contributed by atoms with E-state index in [2.05, 4.69) is 0 Å². The lowest BCUT2D eigenvalue weighted by molar-refractivity contribution is 0.0462. The van der Waals surface area contributed by atoms with Gasteiger partial charge in [0, 0.05) is 12.7 Å². The molecule has 10 heteroatoms. The first-order valence-corrected chi connectivity index (χ1v) is 8.14. The molecule has 8 nitrogen and oxygen atoms in total. The van der Waals surface area contributed by atoms with E-state index < -0.39 is 30.8 Å². The van der Waals surface area contributed by atoms with Gasteiger partial charge in [-0.2, -0.15) is 8.42 Å². The third-order valence-electron chi connectivity index (χ3n) is 1.51. The first-order valence-electron chi connectivity index (χ1n) is 4.48. The van der Waals surface area contributed by atoms with E-state index in [0.717, 1.165) is 0 Å². The molecule has 0 spiro atoms. The molecule has 0 amide bonds. The highest BCUT2D eigenvalue weighted by atomic mass is 32.2.